The first-order valence-electron chi connectivity index (χ1n) is 6.18. The van der Waals surface area contributed by atoms with E-state index in [0.29, 0.717) is 0 Å². The minimum atomic E-state index is -0.667. The average molecular weight is 253 g/mol. The molecule has 0 fully saturated rings. The maximum absolute atomic E-state index is 10.5. The van der Waals surface area contributed by atoms with E-state index in [-0.39, 0.29) is 0 Å². The predicted octanol–water partition coefficient (Wildman–Crippen LogP) is 2.36. The smallest absolute Gasteiger partial charge is 0.107 e. The maximum atomic E-state index is 10.5. The molecule has 0 saturated carbocycles. The molecule has 0 spiro atoms. The normalized spacial score (nSPS) is 12.8. The fraction of sp³-hybridized carbons (Fsp3) is 0.200. The van der Waals surface area contributed by atoms with Crippen molar-refractivity contribution in [1.29, 1.82) is 0 Å². The van der Waals surface area contributed by atoms with E-state index < -0.39 is 6.10 Å². The summed E-state index contributed by atoms with van der Waals surface area (Å²) in [4.78, 5) is 4.31. The van der Waals surface area contributed by atoms with Gasteiger partial charge in [0.05, 0.1) is 11.7 Å². The second-order valence-corrected chi connectivity index (χ2v) is 4.67. The molecule has 1 N–H and O–H groups in total. The first-order valence-corrected chi connectivity index (χ1v) is 6.18. The molecule has 1 unspecified atom stereocenters. The lowest BCUT2D eigenvalue weighted by molar-refractivity contribution is 0.219. The van der Waals surface area contributed by atoms with Crippen LogP contribution in [-0.4, -0.2) is 19.9 Å². The maximum Gasteiger partial charge on any atom is 0.107 e. The molecule has 2 aromatic heterocycles. The molecule has 0 amide bonds. The zero-order chi connectivity index (χ0) is 13.4. The number of hydrogen-bond donors (Lipinski definition) is 1. The van der Waals surface area contributed by atoms with Gasteiger partial charge in [0.2, 0.25) is 0 Å². The Balaban J connectivity index is 2.06. The Morgan fingerprint density at radius 2 is 2.11 bits per heavy atom. The van der Waals surface area contributed by atoms with Crippen molar-refractivity contribution in [3.63, 3.8) is 0 Å². The van der Waals surface area contributed by atoms with Crippen LogP contribution in [0.3, 0.4) is 0 Å². The summed E-state index contributed by atoms with van der Waals surface area (Å²) in [5.74, 6) is 0. The SMILES string of the molecule is Cc1c(C(O)c2ccc3cccnc3c2)cnn1C. The Kier molecular flexibility index (Phi) is 2.80. The third kappa shape index (κ3) is 2.00. The molecule has 1 atom stereocenters. The number of aromatic nitrogens is 3. The van der Waals surface area contributed by atoms with Crippen LogP contribution in [-0.2, 0) is 7.05 Å². The molecule has 4 nitrogen and oxygen atoms in total. The summed E-state index contributed by atoms with van der Waals surface area (Å²) in [6, 6.07) is 9.75. The van der Waals surface area contributed by atoms with Crippen LogP contribution in [0.1, 0.15) is 22.9 Å². The number of aliphatic hydroxyl groups excluding tert-OH is 1. The first kappa shape index (κ1) is 11.9. The Bertz CT molecular complexity index is 733. The molecule has 96 valence electrons. The standard InChI is InChI=1S/C15H15N3O/c1-10-13(9-17-18(10)2)15(19)12-6-5-11-4-3-7-16-14(11)8-12/h3-9,15,19H,1-2H3. The van der Waals surface area contributed by atoms with Crippen molar-refractivity contribution < 1.29 is 5.11 Å². The molecule has 0 aliphatic heterocycles. The Labute approximate surface area is 111 Å². The van der Waals surface area contributed by atoms with E-state index in [1.54, 1.807) is 17.1 Å². The molecule has 0 radical (unpaired) electrons. The van der Waals surface area contributed by atoms with E-state index in [1.807, 2.05) is 44.3 Å². The lowest BCUT2D eigenvalue weighted by Gasteiger charge is -2.11. The molecule has 0 aliphatic rings. The van der Waals surface area contributed by atoms with Gasteiger partial charge in [-0.2, -0.15) is 5.10 Å². The number of benzene rings is 1. The summed E-state index contributed by atoms with van der Waals surface area (Å²) in [5.41, 5.74) is 3.52. The van der Waals surface area contributed by atoms with E-state index in [9.17, 15) is 5.11 Å². The van der Waals surface area contributed by atoms with Crippen LogP contribution in [0.15, 0.2) is 42.7 Å². The molecule has 1 aromatic carbocycles. The number of rotatable bonds is 2. The molecule has 3 rings (SSSR count). The van der Waals surface area contributed by atoms with E-state index in [1.165, 1.54) is 0 Å². The van der Waals surface area contributed by atoms with Gasteiger partial charge in [-0.1, -0.05) is 18.2 Å². The third-order valence-electron chi connectivity index (χ3n) is 3.51. The molecule has 2 heterocycles. The Hall–Kier alpha value is -2.20. The van der Waals surface area contributed by atoms with Crippen molar-refractivity contribution in [3.8, 4) is 0 Å². The summed E-state index contributed by atoms with van der Waals surface area (Å²) in [7, 11) is 1.87. The van der Waals surface area contributed by atoms with Crippen molar-refractivity contribution >= 4 is 10.9 Å². The van der Waals surface area contributed by atoms with Gasteiger partial charge in [-0.25, -0.2) is 0 Å². The van der Waals surface area contributed by atoms with Crippen molar-refractivity contribution in [3.05, 3.63) is 59.5 Å². The highest BCUT2D eigenvalue weighted by Crippen LogP contribution is 2.26. The zero-order valence-corrected chi connectivity index (χ0v) is 10.9. The largest absolute Gasteiger partial charge is 0.384 e. The van der Waals surface area contributed by atoms with Crippen LogP contribution in [0.4, 0.5) is 0 Å². The number of fused-ring (bicyclic) bond motifs is 1. The molecule has 4 heteroatoms. The van der Waals surface area contributed by atoms with Gasteiger partial charge in [0.1, 0.15) is 6.10 Å². The summed E-state index contributed by atoms with van der Waals surface area (Å²) >= 11 is 0. The van der Waals surface area contributed by atoms with Gasteiger partial charge in [0.15, 0.2) is 0 Å². The number of aryl methyl sites for hydroxylation is 1. The van der Waals surface area contributed by atoms with E-state index in [4.69, 9.17) is 0 Å². The van der Waals surface area contributed by atoms with Gasteiger partial charge in [0, 0.05) is 29.9 Å². The van der Waals surface area contributed by atoms with Crippen LogP contribution in [0.25, 0.3) is 10.9 Å². The molecule has 19 heavy (non-hydrogen) atoms. The third-order valence-corrected chi connectivity index (χ3v) is 3.51. The van der Waals surface area contributed by atoms with Crippen molar-refractivity contribution in [2.45, 2.75) is 13.0 Å². The van der Waals surface area contributed by atoms with Gasteiger partial charge in [-0.15, -0.1) is 0 Å². The molecule has 0 aliphatic carbocycles. The molecule has 0 bridgehead atoms. The van der Waals surface area contributed by atoms with E-state index in [2.05, 4.69) is 10.1 Å². The van der Waals surface area contributed by atoms with Crippen molar-refractivity contribution in [1.82, 2.24) is 14.8 Å². The zero-order valence-electron chi connectivity index (χ0n) is 10.9. The minimum Gasteiger partial charge on any atom is -0.384 e. The molecule has 0 saturated heterocycles. The van der Waals surface area contributed by atoms with Crippen LogP contribution >= 0.6 is 0 Å². The predicted molar refractivity (Wildman–Crippen MR) is 73.7 cm³/mol. The monoisotopic (exact) mass is 253 g/mol. The molecular formula is C15H15N3O. The first-order chi connectivity index (χ1) is 9.16. The second-order valence-electron chi connectivity index (χ2n) is 4.67. The number of aliphatic hydroxyl groups is 1. The second kappa shape index (κ2) is 4.48. The Morgan fingerprint density at radius 3 is 2.84 bits per heavy atom. The summed E-state index contributed by atoms with van der Waals surface area (Å²) in [6.07, 6.45) is 2.80. The van der Waals surface area contributed by atoms with Crippen LogP contribution in [0.5, 0.6) is 0 Å². The quantitative estimate of drug-likeness (QED) is 0.762. The summed E-state index contributed by atoms with van der Waals surface area (Å²) in [5, 5.41) is 15.7. The summed E-state index contributed by atoms with van der Waals surface area (Å²) < 4.78 is 1.76. The van der Waals surface area contributed by atoms with Crippen LogP contribution in [0.2, 0.25) is 0 Å². The van der Waals surface area contributed by atoms with Crippen LogP contribution in [0, 0.1) is 6.92 Å². The molecular weight excluding hydrogens is 238 g/mol. The lowest BCUT2D eigenvalue weighted by Crippen LogP contribution is -2.02. The molecule has 3 aromatic rings. The highest BCUT2D eigenvalue weighted by molar-refractivity contribution is 5.79. The Morgan fingerprint density at radius 1 is 1.26 bits per heavy atom. The fourth-order valence-electron chi connectivity index (χ4n) is 2.22. The van der Waals surface area contributed by atoms with Crippen molar-refractivity contribution in [2.75, 3.05) is 0 Å². The highest BCUT2D eigenvalue weighted by Gasteiger charge is 2.16. The van der Waals surface area contributed by atoms with Gasteiger partial charge in [-0.3, -0.25) is 9.67 Å². The van der Waals surface area contributed by atoms with Gasteiger partial charge < -0.3 is 5.11 Å². The number of pyridine rings is 1. The average Bonchev–Trinajstić information content (AvgIpc) is 2.78. The topological polar surface area (TPSA) is 50.9 Å². The van der Waals surface area contributed by atoms with Crippen LogP contribution < -0.4 is 0 Å². The minimum absolute atomic E-state index is 0.667. The fourth-order valence-corrected chi connectivity index (χ4v) is 2.22. The van der Waals surface area contributed by atoms with E-state index in [0.717, 1.165) is 27.7 Å². The van der Waals surface area contributed by atoms with Gasteiger partial charge >= 0.3 is 0 Å². The van der Waals surface area contributed by atoms with E-state index >= 15 is 0 Å². The number of hydrogen-bond acceptors (Lipinski definition) is 3. The van der Waals surface area contributed by atoms with Crippen molar-refractivity contribution in [2.24, 2.45) is 7.05 Å². The van der Waals surface area contributed by atoms with Gasteiger partial charge in [0.25, 0.3) is 0 Å². The highest BCUT2D eigenvalue weighted by atomic mass is 16.3. The summed E-state index contributed by atoms with van der Waals surface area (Å²) in [6.45, 7) is 1.95. The number of nitrogens with zero attached hydrogens (tertiary/aromatic N) is 3. The van der Waals surface area contributed by atoms with Gasteiger partial charge in [-0.05, 0) is 24.6 Å². The lowest BCUT2D eigenvalue weighted by atomic mass is 10.0.